The second-order valence-electron chi connectivity index (χ2n) is 5.87. The number of hydrogen-bond donors (Lipinski definition) is 1. The van der Waals surface area contributed by atoms with Crippen LogP contribution in [0.3, 0.4) is 0 Å². The number of aromatic nitrogens is 1. The smallest absolute Gasteiger partial charge is 0.377 e. The number of esters is 1. The number of carbonyl (C=O) groups excluding carboxylic acids is 2. The Kier molecular flexibility index (Phi) is 5.51. The van der Waals surface area contributed by atoms with Crippen molar-refractivity contribution in [2.75, 3.05) is 11.9 Å². The monoisotopic (exact) mass is 366 g/mol. The molecule has 0 unspecified atom stereocenters. The van der Waals surface area contributed by atoms with Gasteiger partial charge in [-0.2, -0.15) is 0 Å². The quantitative estimate of drug-likeness (QED) is 0.666. The third-order valence-corrected chi connectivity index (χ3v) is 3.57. The molecule has 0 saturated carbocycles. The number of anilines is 1. The maximum atomic E-state index is 12.1. The summed E-state index contributed by atoms with van der Waals surface area (Å²) in [5, 5.41) is 6.26. The number of benzene rings is 2. The highest BCUT2D eigenvalue weighted by Gasteiger charge is 2.16. The summed E-state index contributed by atoms with van der Waals surface area (Å²) in [6, 6.07) is 16.0. The summed E-state index contributed by atoms with van der Waals surface area (Å²) in [6.45, 7) is 3.20. The van der Waals surface area contributed by atoms with Gasteiger partial charge >= 0.3 is 5.97 Å². The zero-order valence-electron chi connectivity index (χ0n) is 14.9. The van der Waals surface area contributed by atoms with E-state index in [4.69, 9.17) is 14.0 Å². The fourth-order valence-corrected chi connectivity index (χ4v) is 2.24. The molecule has 1 aromatic heterocycles. The minimum atomic E-state index is -0.755. The lowest BCUT2D eigenvalue weighted by Crippen LogP contribution is -2.21. The van der Waals surface area contributed by atoms with Gasteiger partial charge in [0.1, 0.15) is 5.75 Å². The minimum Gasteiger partial charge on any atom is -0.455 e. The largest absolute Gasteiger partial charge is 0.455 e. The van der Waals surface area contributed by atoms with Crippen molar-refractivity contribution < 1.29 is 23.6 Å². The number of para-hydroxylation sites is 2. The number of nitrogens with zero attached hydrogens (tertiary/aromatic N) is 1. The summed E-state index contributed by atoms with van der Waals surface area (Å²) >= 11 is 0. The number of carbonyl (C=O) groups is 2. The molecule has 138 valence electrons. The molecule has 0 aliphatic carbocycles. The van der Waals surface area contributed by atoms with Crippen LogP contribution in [0, 0.1) is 13.8 Å². The Hall–Kier alpha value is -3.61. The normalized spacial score (nSPS) is 10.3. The summed E-state index contributed by atoms with van der Waals surface area (Å²) in [6.07, 6.45) is 0. The van der Waals surface area contributed by atoms with Crippen molar-refractivity contribution in [3.8, 4) is 11.5 Å². The highest BCUT2D eigenvalue weighted by Crippen LogP contribution is 2.29. The van der Waals surface area contributed by atoms with Crippen molar-refractivity contribution in [3.63, 3.8) is 0 Å². The topological polar surface area (TPSA) is 90.7 Å². The van der Waals surface area contributed by atoms with E-state index in [0.717, 1.165) is 5.56 Å². The van der Waals surface area contributed by atoms with Crippen LogP contribution in [0.4, 0.5) is 5.69 Å². The van der Waals surface area contributed by atoms with Gasteiger partial charge in [0.15, 0.2) is 12.4 Å². The Labute approximate surface area is 155 Å². The lowest BCUT2D eigenvalue weighted by Gasteiger charge is -2.12. The van der Waals surface area contributed by atoms with Gasteiger partial charge in [-0.25, -0.2) is 4.79 Å². The molecule has 0 fully saturated rings. The van der Waals surface area contributed by atoms with Gasteiger partial charge in [-0.05, 0) is 38.1 Å². The molecule has 0 atom stereocenters. The van der Waals surface area contributed by atoms with E-state index in [1.807, 2.05) is 31.2 Å². The second-order valence-corrected chi connectivity index (χ2v) is 5.87. The van der Waals surface area contributed by atoms with Gasteiger partial charge in [-0.15, -0.1) is 0 Å². The fraction of sp³-hybridized carbons (Fsp3) is 0.150. The van der Waals surface area contributed by atoms with Gasteiger partial charge in [0.25, 0.3) is 5.91 Å². The average molecular weight is 366 g/mol. The molecular weight excluding hydrogens is 348 g/mol. The number of nitrogens with one attached hydrogen (secondary N) is 1. The Balaban J connectivity index is 1.60. The molecule has 2 aromatic carbocycles. The molecule has 0 radical (unpaired) electrons. The predicted octanol–water partition coefficient (Wildman–Crippen LogP) is 3.88. The van der Waals surface area contributed by atoms with Gasteiger partial charge in [-0.1, -0.05) is 35.0 Å². The first-order chi connectivity index (χ1) is 13.0. The Morgan fingerprint density at radius 3 is 2.52 bits per heavy atom. The maximum absolute atomic E-state index is 12.1. The van der Waals surface area contributed by atoms with Crippen molar-refractivity contribution >= 4 is 17.6 Å². The standard InChI is InChI=1S/C20H18N2O5/c1-13-7-9-15(10-8-13)26-17-6-4-3-5-16(17)21-19(23)12-25-20(24)18-11-14(2)22-27-18/h3-11H,12H2,1-2H3,(H,21,23). The molecule has 7 nitrogen and oxygen atoms in total. The third-order valence-electron chi connectivity index (χ3n) is 3.57. The van der Waals surface area contributed by atoms with Crippen LogP contribution in [-0.4, -0.2) is 23.6 Å². The summed E-state index contributed by atoms with van der Waals surface area (Å²) in [4.78, 5) is 23.9. The Bertz CT molecular complexity index is 947. The Morgan fingerprint density at radius 1 is 1.07 bits per heavy atom. The lowest BCUT2D eigenvalue weighted by molar-refractivity contribution is -0.119. The minimum absolute atomic E-state index is 0.0524. The molecule has 1 amide bonds. The summed E-state index contributed by atoms with van der Waals surface area (Å²) in [5.41, 5.74) is 2.14. The van der Waals surface area contributed by atoms with Gasteiger partial charge in [0.05, 0.1) is 11.4 Å². The second kappa shape index (κ2) is 8.18. The van der Waals surface area contributed by atoms with Crippen molar-refractivity contribution in [3.05, 3.63) is 71.6 Å². The molecule has 0 aliphatic heterocycles. The van der Waals surface area contributed by atoms with Crippen LogP contribution in [0.25, 0.3) is 0 Å². The Morgan fingerprint density at radius 2 is 1.81 bits per heavy atom. The van der Waals surface area contributed by atoms with E-state index in [1.54, 1.807) is 31.2 Å². The van der Waals surface area contributed by atoms with Crippen LogP contribution < -0.4 is 10.1 Å². The molecule has 0 saturated heterocycles. The van der Waals surface area contributed by atoms with Gasteiger partial charge in [0.2, 0.25) is 5.76 Å². The zero-order valence-corrected chi connectivity index (χ0v) is 14.9. The molecule has 0 aliphatic rings. The van der Waals surface area contributed by atoms with Crippen LogP contribution in [0.2, 0.25) is 0 Å². The van der Waals surface area contributed by atoms with E-state index in [-0.39, 0.29) is 5.76 Å². The molecule has 3 aromatic rings. The van der Waals surface area contributed by atoms with Crippen molar-refractivity contribution in [1.29, 1.82) is 0 Å². The fourth-order valence-electron chi connectivity index (χ4n) is 2.24. The van der Waals surface area contributed by atoms with Crippen molar-refractivity contribution in [1.82, 2.24) is 5.16 Å². The van der Waals surface area contributed by atoms with Crippen LogP contribution in [-0.2, 0) is 9.53 Å². The van der Waals surface area contributed by atoms with Crippen LogP contribution in [0.5, 0.6) is 11.5 Å². The number of rotatable bonds is 6. The van der Waals surface area contributed by atoms with Crippen molar-refractivity contribution in [2.45, 2.75) is 13.8 Å². The SMILES string of the molecule is Cc1ccc(Oc2ccccc2NC(=O)COC(=O)c2cc(C)no2)cc1. The molecule has 3 rings (SSSR count). The molecule has 0 bridgehead atoms. The summed E-state index contributed by atoms with van der Waals surface area (Å²) in [7, 11) is 0. The number of aryl methyl sites for hydroxylation is 2. The van der Waals surface area contributed by atoms with Crippen molar-refractivity contribution in [2.24, 2.45) is 0 Å². The lowest BCUT2D eigenvalue weighted by atomic mass is 10.2. The number of hydrogen-bond acceptors (Lipinski definition) is 6. The predicted molar refractivity (Wildman–Crippen MR) is 97.8 cm³/mol. The van der Waals surface area contributed by atoms with E-state index in [2.05, 4.69) is 10.5 Å². The zero-order chi connectivity index (χ0) is 19.2. The highest BCUT2D eigenvalue weighted by molar-refractivity contribution is 5.95. The molecule has 0 spiro atoms. The van der Waals surface area contributed by atoms with E-state index >= 15 is 0 Å². The molecule has 27 heavy (non-hydrogen) atoms. The first kappa shape index (κ1) is 18.2. The van der Waals surface area contributed by atoms with E-state index < -0.39 is 18.5 Å². The first-order valence-corrected chi connectivity index (χ1v) is 8.25. The van der Waals surface area contributed by atoms with Crippen LogP contribution >= 0.6 is 0 Å². The van der Waals surface area contributed by atoms with Crippen LogP contribution in [0.1, 0.15) is 21.8 Å². The molecule has 1 heterocycles. The molecular formula is C20H18N2O5. The maximum Gasteiger partial charge on any atom is 0.377 e. The van der Waals surface area contributed by atoms with E-state index in [9.17, 15) is 9.59 Å². The van der Waals surface area contributed by atoms with E-state index in [0.29, 0.717) is 22.9 Å². The molecule has 1 N–H and O–H groups in total. The van der Waals surface area contributed by atoms with Gasteiger partial charge in [-0.3, -0.25) is 4.79 Å². The summed E-state index contributed by atoms with van der Waals surface area (Å²) in [5.74, 6) is -0.181. The van der Waals surface area contributed by atoms with Gasteiger partial charge < -0.3 is 19.3 Å². The third kappa shape index (κ3) is 4.94. The summed E-state index contributed by atoms with van der Waals surface area (Å²) < 4.78 is 15.5. The highest BCUT2D eigenvalue weighted by atomic mass is 16.6. The number of amides is 1. The van der Waals surface area contributed by atoms with E-state index in [1.165, 1.54) is 6.07 Å². The van der Waals surface area contributed by atoms with Gasteiger partial charge in [0, 0.05) is 6.07 Å². The van der Waals surface area contributed by atoms with Crippen LogP contribution in [0.15, 0.2) is 59.1 Å². The first-order valence-electron chi connectivity index (χ1n) is 8.25. The molecule has 7 heteroatoms. The average Bonchev–Trinajstić information content (AvgIpc) is 3.10. The number of ether oxygens (including phenoxy) is 2.